The highest BCUT2D eigenvalue weighted by Gasteiger charge is 2.30. The van der Waals surface area contributed by atoms with Crippen LogP contribution in [0.1, 0.15) is 18.8 Å². The van der Waals surface area contributed by atoms with E-state index in [2.05, 4.69) is 4.98 Å². The Hall–Kier alpha value is -1.36. The fourth-order valence-corrected chi connectivity index (χ4v) is 1.57. The maximum absolute atomic E-state index is 7.39. The van der Waals surface area contributed by atoms with Crippen molar-refractivity contribution in [2.24, 2.45) is 5.73 Å². The van der Waals surface area contributed by atoms with Gasteiger partial charge in [0, 0.05) is 19.3 Å². The lowest BCUT2D eigenvalue weighted by Gasteiger charge is -2.20. The smallest absolute Gasteiger partial charge is 0.148 e. The Morgan fingerprint density at radius 3 is 3.00 bits per heavy atom. The van der Waals surface area contributed by atoms with Gasteiger partial charge in [-0.25, -0.2) is 9.66 Å². The number of hydrogen-bond donors (Lipinski definition) is 2. The molecule has 2 heterocycles. The third-order valence-corrected chi connectivity index (χ3v) is 2.59. The van der Waals surface area contributed by atoms with E-state index < -0.39 is 0 Å². The number of nitrogens with one attached hydrogen (secondary N) is 1. The van der Waals surface area contributed by atoms with Gasteiger partial charge in [-0.15, -0.1) is 0 Å². The van der Waals surface area contributed by atoms with Crippen molar-refractivity contribution in [3.8, 4) is 0 Å². The summed E-state index contributed by atoms with van der Waals surface area (Å²) >= 11 is 0. The first-order chi connectivity index (χ1) is 6.11. The zero-order valence-electron chi connectivity index (χ0n) is 7.73. The molecule has 2 rings (SSSR count). The predicted molar refractivity (Wildman–Crippen MR) is 48.6 cm³/mol. The molecule has 70 valence electrons. The Bertz CT molecular complexity index is 382. The number of fused-ring (bicyclic) bond motifs is 1. The molecule has 1 aliphatic heterocycles. The summed E-state index contributed by atoms with van der Waals surface area (Å²) in [6.07, 6.45) is 1.83. The van der Waals surface area contributed by atoms with Crippen molar-refractivity contribution in [3.05, 3.63) is 23.6 Å². The molecule has 0 bridgehead atoms. The Balaban J connectivity index is 2.60. The summed E-state index contributed by atoms with van der Waals surface area (Å²) in [5.74, 6) is 0.766. The highest BCUT2D eigenvalue weighted by molar-refractivity contribution is 5.15. The molecule has 5 heteroatoms. The molecule has 0 radical (unpaired) electrons. The standard InChI is InChI=1S/C8H13N5/c1-5-7(10)8-11-6(9)3-4-13(8)12(5)2/h3-5,7,9H,10H2,1-2H3. The van der Waals surface area contributed by atoms with Crippen LogP contribution in [0.5, 0.6) is 0 Å². The molecule has 1 aliphatic rings. The third kappa shape index (κ3) is 1.04. The number of hydrogen-bond acceptors (Lipinski definition) is 4. The molecule has 0 spiro atoms. The number of likely N-dealkylation sites (N-methyl/N-ethyl adjacent to an activating group) is 1. The molecule has 1 aromatic rings. The highest BCUT2D eigenvalue weighted by Crippen LogP contribution is 2.21. The summed E-state index contributed by atoms with van der Waals surface area (Å²) in [6.45, 7) is 2.04. The molecule has 0 aliphatic carbocycles. The van der Waals surface area contributed by atoms with E-state index in [9.17, 15) is 0 Å². The van der Waals surface area contributed by atoms with E-state index in [0.717, 1.165) is 5.82 Å². The summed E-state index contributed by atoms with van der Waals surface area (Å²) in [7, 11) is 1.96. The van der Waals surface area contributed by atoms with Crippen LogP contribution in [0.4, 0.5) is 0 Å². The van der Waals surface area contributed by atoms with Crippen molar-refractivity contribution in [3.63, 3.8) is 0 Å². The van der Waals surface area contributed by atoms with Crippen molar-refractivity contribution in [2.45, 2.75) is 19.0 Å². The first-order valence-corrected chi connectivity index (χ1v) is 4.24. The lowest BCUT2D eigenvalue weighted by molar-refractivity contribution is 0.564. The van der Waals surface area contributed by atoms with Gasteiger partial charge in [-0.05, 0) is 6.92 Å². The van der Waals surface area contributed by atoms with E-state index in [4.69, 9.17) is 11.1 Å². The Morgan fingerprint density at radius 1 is 1.62 bits per heavy atom. The van der Waals surface area contributed by atoms with Gasteiger partial charge < -0.3 is 10.7 Å². The normalized spacial score (nSPS) is 26.2. The van der Waals surface area contributed by atoms with Gasteiger partial charge in [0.2, 0.25) is 0 Å². The van der Waals surface area contributed by atoms with E-state index in [1.54, 1.807) is 6.07 Å². The predicted octanol–water partition coefficient (Wildman–Crippen LogP) is -0.668. The monoisotopic (exact) mass is 179 g/mol. The quantitative estimate of drug-likeness (QED) is 0.555. The second kappa shape index (κ2) is 2.56. The molecule has 13 heavy (non-hydrogen) atoms. The molecule has 5 nitrogen and oxygen atoms in total. The van der Waals surface area contributed by atoms with Gasteiger partial charge in [-0.3, -0.25) is 5.41 Å². The summed E-state index contributed by atoms with van der Waals surface area (Å²) in [5.41, 5.74) is 6.21. The van der Waals surface area contributed by atoms with E-state index in [0.29, 0.717) is 0 Å². The number of nitrogens with zero attached hydrogens (tertiary/aromatic N) is 3. The molecular weight excluding hydrogens is 166 g/mol. The van der Waals surface area contributed by atoms with Crippen LogP contribution in [-0.4, -0.2) is 22.7 Å². The number of rotatable bonds is 0. The summed E-state index contributed by atoms with van der Waals surface area (Å²) in [6, 6.07) is 1.79. The van der Waals surface area contributed by atoms with Crippen LogP contribution < -0.4 is 16.2 Å². The second-order valence-corrected chi connectivity index (χ2v) is 3.36. The van der Waals surface area contributed by atoms with Crippen LogP contribution in [-0.2, 0) is 0 Å². The van der Waals surface area contributed by atoms with E-state index in [1.165, 1.54) is 0 Å². The van der Waals surface area contributed by atoms with Crippen LogP contribution in [0, 0.1) is 5.41 Å². The highest BCUT2D eigenvalue weighted by atomic mass is 15.6. The minimum absolute atomic E-state index is 0.102. The molecule has 0 saturated heterocycles. The second-order valence-electron chi connectivity index (χ2n) is 3.36. The van der Waals surface area contributed by atoms with Crippen molar-refractivity contribution in [1.29, 1.82) is 5.41 Å². The van der Waals surface area contributed by atoms with E-state index in [-0.39, 0.29) is 17.6 Å². The Morgan fingerprint density at radius 2 is 2.31 bits per heavy atom. The van der Waals surface area contributed by atoms with Gasteiger partial charge in [0.15, 0.2) is 0 Å². The first-order valence-electron chi connectivity index (χ1n) is 4.24. The van der Waals surface area contributed by atoms with Crippen LogP contribution in [0.2, 0.25) is 0 Å². The molecule has 2 unspecified atom stereocenters. The van der Waals surface area contributed by atoms with Gasteiger partial charge in [-0.1, -0.05) is 0 Å². The van der Waals surface area contributed by atoms with Crippen LogP contribution in [0.25, 0.3) is 0 Å². The summed E-state index contributed by atoms with van der Waals surface area (Å²) < 4.78 is 1.90. The molecule has 0 aromatic carbocycles. The van der Waals surface area contributed by atoms with Crippen molar-refractivity contribution in [2.75, 3.05) is 12.1 Å². The average Bonchev–Trinajstić information content (AvgIpc) is 2.32. The number of aromatic nitrogens is 2. The first kappa shape index (κ1) is 8.25. The lowest BCUT2D eigenvalue weighted by Crippen LogP contribution is -2.35. The topological polar surface area (TPSA) is 70.9 Å². The Kier molecular flexibility index (Phi) is 1.63. The van der Waals surface area contributed by atoms with E-state index >= 15 is 0 Å². The molecule has 3 N–H and O–H groups in total. The largest absolute Gasteiger partial charge is 0.320 e. The average molecular weight is 179 g/mol. The summed E-state index contributed by atoms with van der Waals surface area (Å²) in [4.78, 5) is 4.10. The molecule has 0 amide bonds. The fraction of sp³-hybridized carbons (Fsp3) is 0.500. The molecule has 2 atom stereocenters. The van der Waals surface area contributed by atoms with Gasteiger partial charge in [0.05, 0.1) is 12.1 Å². The SMILES string of the molecule is CC1C(N)c2nc(=N)ccn2N1C. The summed E-state index contributed by atoms with van der Waals surface area (Å²) in [5, 5.41) is 9.41. The van der Waals surface area contributed by atoms with Crippen LogP contribution in [0.3, 0.4) is 0 Å². The van der Waals surface area contributed by atoms with Gasteiger partial charge >= 0.3 is 0 Å². The molecule has 0 fully saturated rings. The van der Waals surface area contributed by atoms with E-state index in [1.807, 2.05) is 29.9 Å². The third-order valence-electron chi connectivity index (χ3n) is 2.59. The van der Waals surface area contributed by atoms with Crippen LogP contribution in [0.15, 0.2) is 12.3 Å². The van der Waals surface area contributed by atoms with Gasteiger partial charge in [0.1, 0.15) is 11.3 Å². The van der Waals surface area contributed by atoms with Crippen molar-refractivity contribution < 1.29 is 0 Å². The molecular formula is C8H13N5. The number of nitrogens with two attached hydrogens (primary N) is 1. The lowest BCUT2D eigenvalue weighted by atomic mass is 10.2. The van der Waals surface area contributed by atoms with Crippen molar-refractivity contribution in [1.82, 2.24) is 9.66 Å². The zero-order valence-corrected chi connectivity index (χ0v) is 7.73. The van der Waals surface area contributed by atoms with Gasteiger partial charge in [-0.2, -0.15) is 0 Å². The fourth-order valence-electron chi connectivity index (χ4n) is 1.57. The zero-order chi connectivity index (χ0) is 9.59. The molecule has 0 saturated carbocycles. The maximum Gasteiger partial charge on any atom is 0.148 e. The van der Waals surface area contributed by atoms with Crippen LogP contribution >= 0.6 is 0 Å². The Labute approximate surface area is 76.3 Å². The van der Waals surface area contributed by atoms with Gasteiger partial charge in [0.25, 0.3) is 0 Å². The maximum atomic E-state index is 7.39. The molecule has 1 aromatic heterocycles. The minimum atomic E-state index is -0.102. The van der Waals surface area contributed by atoms with Crippen molar-refractivity contribution >= 4 is 0 Å². The minimum Gasteiger partial charge on any atom is -0.320 e.